The van der Waals surface area contributed by atoms with Crippen molar-refractivity contribution in [1.29, 1.82) is 0 Å². The van der Waals surface area contributed by atoms with E-state index in [4.69, 9.17) is 24.9 Å². The number of aliphatic hydroxyl groups excluding tert-OH is 2. The van der Waals surface area contributed by atoms with Gasteiger partial charge in [0.15, 0.2) is 5.78 Å². The lowest BCUT2D eigenvalue weighted by molar-refractivity contribution is -0.132. The third kappa shape index (κ3) is 6.00. The first-order chi connectivity index (χ1) is 5.74. The molecule has 0 aliphatic carbocycles. The van der Waals surface area contributed by atoms with Crippen LogP contribution in [-0.2, 0) is 9.32 Å². The van der Waals surface area contributed by atoms with E-state index in [2.05, 4.69) is 4.52 Å². The maximum absolute atomic E-state index is 10.5. The van der Waals surface area contributed by atoms with E-state index >= 15 is 0 Å². The lowest BCUT2D eigenvalue weighted by Crippen LogP contribution is -2.35. The summed E-state index contributed by atoms with van der Waals surface area (Å²) in [4.78, 5) is 35.4. The van der Waals surface area contributed by atoms with Crippen LogP contribution in [0.2, 0.25) is 0 Å². The second-order valence-corrected chi connectivity index (χ2v) is 3.72. The summed E-state index contributed by atoms with van der Waals surface area (Å²) < 4.78 is 3.98. The Morgan fingerprint density at radius 1 is 1.38 bits per heavy atom. The molecule has 8 heteroatoms. The quantitative estimate of drug-likeness (QED) is 0.334. The maximum Gasteiger partial charge on any atom is 0.567 e. The lowest BCUT2D eigenvalue weighted by Gasteiger charge is -2.13. The van der Waals surface area contributed by atoms with Crippen molar-refractivity contribution in [3.05, 3.63) is 0 Å². The van der Waals surface area contributed by atoms with Crippen molar-refractivity contribution in [2.75, 3.05) is 6.61 Å². The molecule has 13 heavy (non-hydrogen) atoms. The number of aliphatic hydroxyl groups is 2. The van der Waals surface area contributed by atoms with Gasteiger partial charge in [-0.3, -0.25) is 4.79 Å². The van der Waals surface area contributed by atoms with Crippen LogP contribution in [0.25, 0.3) is 0 Å². The van der Waals surface area contributed by atoms with E-state index < -0.39 is 32.8 Å². The fourth-order valence-corrected chi connectivity index (χ4v) is 0.891. The fourth-order valence-electron chi connectivity index (χ4n) is 0.538. The highest BCUT2D eigenvalue weighted by atomic mass is 31.2. The van der Waals surface area contributed by atoms with E-state index in [1.165, 1.54) is 0 Å². The second-order valence-electron chi connectivity index (χ2n) is 2.43. The molecule has 2 atom stereocenters. The van der Waals surface area contributed by atoms with Gasteiger partial charge in [-0.2, -0.15) is 19.2 Å². The van der Waals surface area contributed by atoms with Gasteiger partial charge in [-0.05, 0) is 6.92 Å². The Labute approximate surface area is 74.9 Å². The van der Waals surface area contributed by atoms with Crippen molar-refractivity contribution in [3.8, 4) is 0 Å². The number of hydrogen-bond donors (Lipinski definition) is 5. The summed E-state index contributed by atoms with van der Waals surface area (Å²) in [5.74, 6) is -0.686. The van der Waals surface area contributed by atoms with Gasteiger partial charge in [0, 0.05) is 0 Å². The molecule has 0 fully saturated rings. The molecular weight excluding hydrogens is 203 g/mol. The molecular formula is C5H12O7P+. The molecule has 0 saturated heterocycles. The van der Waals surface area contributed by atoms with E-state index in [1.807, 2.05) is 0 Å². The molecule has 5 N–H and O–H groups in total. The van der Waals surface area contributed by atoms with Crippen molar-refractivity contribution in [2.24, 2.45) is 0 Å². The Morgan fingerprint density at radius 3 is 2.15 bits per heavy atom. The zero-order valence-electron chi connectivity index (χ0n) is 6.86. The number of carbonyl (C=O) groups excluding carboxylic acids is 1. The number of rotatable bonds is 5. The van der Waals surface area contributed by atoms with Crippen LogP contribution in [-0.4, -0.2) is 49.5 Å². The van der Waals surface area contributed by atoms with Gasteiger partial charge in [0.2, 0.25) is 0 Å². The first-order valence-electron chi connectivity index (χ1n) is 3.32. The first kappa shape index (κ1) is 12.9. The zero-order chi connectivity index (χ0) is 10.6. The summed E-state index contributed by atoms with van der Waals surface area (Å²) >= 11 is 0. The molecule has 0 aliphatic rings. The minimum atomic E-state index is -4.42. The minimum Gasteiger partial charge on any atom is -0.387 e. The number of ketones is 1. The minimum absolute atomic E-state index is 0.686. The summed E-state index contributed by atoms with van der Waals surface area (Å²) in [6.07, 6.45) is -3.25. The Kier molecular flexibility index (Phi) is 4.87. The molecule has 0 amide bonds. The summed E-state index contributed by atoms with van der Waals surface area (Å²) in [6, 6.07) is 0. The molecule has 7 nitrogen and oxygen atoms in total. The Morgan fingerprint density at radius 2 is 1.85 bits per heavy atom. The predicted octanol–water partition coefficient (Wildman–Crippen LogP) is -2.03. The van der Waals surface area contributed by atoms with Crippen LogP contribution in [0, 0.1) is 0 Å². The van der Waals surface area contributed by atoms with Crippen LogP contribution in [0.3, 0.4) is 0 Å². The average molecular weight is 215 g/mol. The molecule has 0 saturated carbocycles. The highest BCUT2D eigenvalue weighted by molar-refractivity contribution is 7.53. The van der Waals surface area contributed by atoms with Crippen molar-refractivity contribution in [1.82, 2.24) is 0 Å². The topological polar surface area (TPSA) is 127 Å². The predicted molar refractivity (Wildman–Crippen MR) is 42.2 cm³/mol. The molecule has 0 aromatic rings. The van der Waals surface area contributed by atoms with Crippen molar-refractivity contribution in [3.63, 3.8) is 0 Å². The van der Waals surface area contributed by atoms with Crippen molar-refractivity contribution in [2.45, 2.75) is 19.1 Å². The first-order valence-corrected chi connectivity index (χ1v) is 4.89. The number of hydrogen-bond acceptors (Lipinski definition) is 7. The van der Waals surface area contributed by atoms with E-state index in [0.29, 0.717) is 0 Å². The molecule has 0 aromatic heterocycles. The summed E-state index contributed by atoms with van der Waals surface area (Å²) in [5, 5.41) is 17.8. The SMILES string of the molecule is CC(=O)C(O)C(O)CO[P+](O)(O)O. The van der Waals surface area contributed by atoms with Gasteiger partial charge in [0.1, 0.15) is 18.8 Å². The van der Waals surface area contributed by atoms with Gasteiger partial charge >= 0.3 is 8.17 Å². The second kappa shape index (κ2) is 4.92. The van der Waals surface area contributed by atoms with Crippen LogP contribution < -0.4 is 0 Å². The van der Waals surface area contributed by atoms with Crippen LogP contribution >= 0.6 is 8.17 Å². The van der Waals surface area contributed by atoms with Gasteiger partial charge in [-0.1, -0.05) is 0 Å². The van der Waals surface area contributed by atoms with Crippen molar-refractivity contribution >= 4 is 14.0 Å². The van der Waals surface area contributed by atoms with Gasteiger partial charge in [-0.25, -0.2) is 0 Å². The maximum atomic E-state index is 10.5. The largest absolute Gasteiger partial charge is 0.567 e. The molecule has 2 unspecified atom stereocenters. The smallest absolute Gasteiger partial charge is 0.387 e. The molecule has 0 spiro atoms. The number of carbonyl (C=O) groups is 1. The van der Waals surface area contributed by atoms with Gasteiger partial charge in [-0.15, -0.1) is 0 Å². The summed E-state index contributed by atoms with van der Waals surface area (Å²) in [7, 11) is -4.42. The normalized spacial score (nSPS) is 16.8. The molecule has 0 radical (unpaired) electrons. The third-order valence-corrected chi connectivity index (χ3v) is 1.69. The lowest BCUT2D eigenvalue weighted by atomic mass is 10.1. The van der Waals surface area contributed by atoms with E-state index in [1.54, 1.807) is 0 Å². The molecule has 0 heterocycles. The standard InChI is InChI=1S/C5H12O7P/c1-3(6)5(8)4(7)2-12-13(9,10)11/h4-5,7-11H,2H2,1H3/q+1. The van der Waals surface area contributed by atoms with Gasteiger partial charge < -0.3 is 10.2 Å². The Hall–Kier alpha value is -0.140. The Bertz CT molecular complexity index is 176. The fraction of sp³-hybridized carbons (Fsp3) is 0.800. The monoisotopic (exact) mass is 215 g/mol. The highest BCUT2D eigenvalue weighted by Crippen LogP contribution is 2.45. The van der Waals surface area contributed by atoms with Crippen molar-refractivity contribution < 1.29 is 34.2 Å². The molecule has 0 aliphatic heterocycles. The molecule has 0 bridgehead atoms. The molecule has 0 rings (SSSR count). The number of Topliss-reactive ketones (excluding diaryl/α,β-unsaturated/α-hetero) is 1. The summed E-state index contributed by atoms with van der Waals surface area (Å²) in [5.41, 5.74) is 0. The van der Waals surface area contributed by atoms with Crippen LogP contribution in [0.5, 0.6) is 0 Å². The van der Waals surface area contributed by atoms with E-state index in [-0.39, 0.29) is 0 Å². The van der Waals surface area contributed by atoms with Gasteiger partial charge in [0.05, 0.1) is 0 Å². The van der Waals surface area contributed by atoms with Crippen LogP contribution in [0.1, 0.15) is 6.92 Å². The highest BCUT2D eigenvalue weighted by Gasteiger charge is 2.35. The van der Waals surface area contributed by atoms with Crippen LogP contribution in [0.15, 0.2) is 0 Å². The summed E-state index contributed by atoms with van der Waals surface area (Å²) in [6.45, 7) is 0.311. The zero-order valence-corrected chi connectivity index (χ0v) is 7.76. The molecule has 78 valence electrons. The average Bonchev–Trinajstić information content (AvgIpc) is 1.97. The van der Waals surface area contributed by atoms with Crippen LogP contribution in [0.4, 0.5) is 0 Å². The Balaban J connectivity index is 3.88. The molecule has 0 aromatic carbocycles. The van der Waals surface area contributed by atoms with E-state index in [0.717, 1.165) is 6.92 Å². The third-order valence-electron chi connectivity index (χ3n) is 1.20. The van der Waals surface area contributed by atoms with E-state index in [9.17, 15) is 4.79 Å². The van der Waals surface area contributed by atoms with Gasteiger partial charge in [0.25, 0.3) is 0 Å².